The lowest BCUT2D eigenvalue weighted by molar-refractivity contribution is 0.0911. The molecule has 2 nitrogen and oxygen atoms in total. The van der Waals surface area contributed by atoms with Gasteiger partial charge >= 0.3 is 0 Å². The molecule has 0 fully saturated rings. The molecule has 94 valence electrons. The van der Waals surface area contributed by atoms with Crippen molar-refractivity contribution >= 4 is 29.1 Å². The molecule has 0 aliphatic carbocycles. The van der Waals surface area contributed by atoms with E-state index >= 15 is 0 Å². The number of carbonyl (C=O) groups excluding carboxylic acids is 1. The normalized spacial score (nSPS) is 11.4. The number of halogens is 3. The second-order valence-corrected chi connectivity index (χ2v) is 5.19. The van der Waals surface area contributed by atoms with Crippen molar-refractivity contribution in [3.05, 3.63) is 34.6 Å². The van der Waals surface area contributed by atoms with Crippen molar-refractivity contribution in [2.45, 2.75) is 25.8 Å². The molecule has 0 aliphatic rings. The van der Waals surface area contributed by atoms with Crippen LogP contribution in [0.3, 0.4) is 0 Å². The molecule has 0 heterocycles. The van der Waals surface area contributed by atoms with Crippen molar-refractivity contribution in [2.24, 2.45) is 0 Å². The first-order valence-corrected chi connectivity index (χ1v) is 6.10. The third-order valence-electron chi connectivity index (χ3n) is 2.35. The van der Waals surface area contributed by atoms with E-state index in [4.69, 9.17) is 23.2 Å². The van der Waals surface area contributed by atoms with E-state index in [9.17, 15) is 9.18 Å². The molecule has 0 atom stereocenters. The van der Waals surface area contributed by atoms with Gasteiger partial charge in [0.1, 0.15) is 5.82 Å². The van der Waals surface area contributed by atoms with Crippen LogP contribution in [0.15, 0.2) is 18.2 Å². The van der Waals surface area contributed by atoms with Crippen LogP contribution in [0.2, 0.25) is 5.02 Å². The summed E-state index contributed by atoms with van der Waals surface area (Å²) in [6.45, 7) is 3.72. The molecule has 0 radical (unpaired) electrons. The minimum Gasteiger partial charge on any atom is -0.347 e. The number of rotatable bonds is 4. The number of amides is 1. The van der Waals surface area contributed by atoms with Crippen LogP contribution in [-0.2, 0) is 0 Å². The fraction of sp³-hybridized carbons (Fsp3) is 0.417. The minimum absolute atomic E-state index is 0.00145. The monoisotopic (exact) mass is 277 g/mol. The molecule has 0 aromatic heterocycles. The lowest BCUT2D eigenvalue weighted by Gasteiger charge is -2.25. The van der Waals surface area contributed by atoms with Crippen molar-refractivity contribution in [2.75, 3.05) is 5.88 Å². The third kappa shape index (κ3) is 4.17. The molecular formula is C12H14Cl2FNO. The fourth-order valence-electron chi connectivity index (χ4n) is 1.32. The molecule has 1 aromatic rings. The van der Waals surface area contributed by atoms with E-state index in [1.807, 2.05) is 13.8 Å². The zero-order chi connectivity index (χ0) is 13.1. The van der Waals surface area contributed by atoms with Crippen LogP contribution in [0.4, 0.5) is 4.39 Å². The molecule has 0 aliphatic heterocycles. The first kappa shape index (κ1) is 14.3. The fourth-order valence-corrected chi connectivity index (χ4v) is 1.91. The van der Waals surface area contributed by atoms with Gasteiger partial charge in [-0.3, -0.25) is 4.79 Å². The first-order chi connectivity index (χ1) is 7.85. The Bertz CT molecular complexity index is 421. The summed E-state index contributed by atoms with van der Waals surface area (Å²) in [4.78, 5) is 11.8. The molecular weight excluding hydrogens is 264 g/mol. The summed E-state index contributed by atoms with van der Waals surface area (Å²) in [5, 5.41) is 2.79. The largest absolute Gasteiger partial charge is 0.347 e. The number of nitrogens with one attached hydrogen (secondary N) is 1. The summed E-state index contributed by atoms with van der Waals surface area (Å²) in [7, 11) is 0. The predicted octanol–water partition coefficient (Wildman–Crippen LogP) is 3.62. The Hall–Kier alpha value is -0.800. The highest BCUT2D eigenvalue weighted by Gasteiger charge is 2.20. The Morgan fingerprint density at radius 1 is 1.47 bits per heavy atom. The maximum atomic E-state index is 13.2. The van der Waals surface area contributed by atoms with Crippen LogP contribution in [0.5, 0.6) is 0 Å². The quantitative estimate of drug-likeness (QED) is 0.837. The van der Waals surface area contributed by atoms with Crippen molar-refractivity contribution in [3.8, 4) is 0 Å². The molecule has 5 heteroatoms. The van der Waals surface area contributed by atoms with E-state index in [-0.39, 0.29) is 16.5 Å². The smallest absolute Gasteiger partial charge is 0.251 e. The maximum absolute atomic E-state index is 13.2. The van der Waals surface area contributed by atoms with Crippen molar-refractivity contribution in [1.82, 2.24) is 5.32 Å². The highest BCUT2D eigenvalue weighted by molar-refractivity contribution is 6.30. The van der Waals surface area contributed by atoms with E-state index in [0.717, 1.165) is 6.07 Å². The Morgan fingerprint density at radius 3 is 2.65 bits per heavy atom. The summed E-state index contributed by atoms with van der Waals surface area (Å²) in [6, 6.07) is 3.96. The second-order valence-electron chi connectivity index (χ2n) is 4.41. The first-order valence-electron chi connectivity index (χ1n) is 5.19. The van der Waals surface area contributed by atoms with E-state index in [1.54, 1.807) is 0 Å². The third-order valence-corrected chi connectivity index (χ3v) is 2.85. The van der Waals surface area contributed by atoms with Crippen LogP contribution in [0, 0.1) is 5.82 Å². The van der Waals surface area contributed by atoms with Gasteiger partial charge in [-0.05, 0) is 38.5 Å². The van der Waals surface area contributed by atoms with Gasteiger partial charge in [0.25, 0.3) is 5.91 Å². The molecule has 0 bridgehead atoms. The van der Waals surface area contributed by atoms with Gasteiger partial charge < -0.3 is 5.32 Å². The van der Waals surface area contributed by atoms with Gasteiger partial charge in [-0.1, -0.05) is 11.6 Å². The van der Waals surface area contributed by atoms with Gasteiger partial charge in [0.2, 0.25) is 0 Å². The second kappa shape index (κ2) is 5.69. The molecule has 0 unspecified atom stereocenters. The standard InChI is InChI=1S/C12H14Cl2FNO/c1-12(2,5-6-13)16-11(17)8-3-4-9(14)10(15)7-8/h3-4,7H,5-6H2,1-2H3,(H,16,17). The molecule has 1 amide bonds. The van der Waals surface area contributed by atoms with Crippen LogP contribution in [0.1, 0.15) is 30.6 Å². The molecule has 1 rings (SSSR count). The Labute approximate surface area is 110 Å². The highest BCUT2D eigenvalue weighted by atomic mass is 35.5. The topological polar surface area (TPSA) is 29.1 Å². The summed E-state index contributed by atoms with van der Waals surface area (Å²) < 4.78 is 13.2. The van der Waals surface area contributed by atoms with Crippen molar-refractivity contribution < 1.29 is 9.18 Å². The van der Waals surface area contributed by atoms with Gasteiger partial charge in [-0.25, -0.2) is 4.39 Å². The Morgan fingerprint density at radius 2 is 2.12 bits per heavy atom. The highest BCUT2D eigenvalue weighted by Crippen LogP contribution is 2.17. The maximum Gasteiger partial charge on any atom is 0.251 e. The lowest BCUT2D eigenvalue weighted by Crippen LogP contribution is -2.43. The summed E-state index contributed by atoms with van der Waals surface area (Å²) in [5.41, 5.74) is -0.177. The van der Waals surface area contributed by atoms with Crippen LogP contribution in [0.25, 0.3) is 0 Å². The average Bonchev–Trinajstić information content (AvgIpc) is 2.21. The predicted molar refractivity (Wildman–Crippen MR) is 68.3 cm³/mol. The number of benzene rings is 1. The minimum atomic E-state index is -0.602. The van der Waals surface area contributed by atoms with Gasteiger partial charge in [0.05, 0.1) is 5.02 Å². The Balaban J connectivity index is 2.80. The van der Waals surface area contributed by atoms with Gasteiger partial charge in [-0.15, -0.1) is 11.6 Å². The lowest BCUT2D eigenvalue weighted by atomic mass is 10.0. The van der Waals surface area contributed by atoms with Crippen LogP contribution < -0.4 is 5.32 Å². The van der Waals surface area contributed by atoms with E-state index < -0.39 is 11.4 Å². The zero-order valence-corrected chi connectivity index (χ0v) is 11.2. The van der Waals surface area contributed by atoms with Crippen LogP contribution >= 0.6 is 23.2 Å². The SMILES string of the molecule is CC(C)(CCCl)NC(=O)c1ccc(Cl)c(F)c1. The number of alkyl halides is 1. The summed E-state index contributed by atoms with van der Waals surface area (Å²) in [6.07, 6.45) is 0.635. The van der Waals surface area contributed by atoms with E-state index in [0.29, 0.717) is 12.3 Å². The van der Waals surface area contributed by atoms with Crippen molar-refractivity contribution in [1.29, 1.82) is 0 Å². The molecule has 1 N–H and O–H groups in total. The molecule has 0 saturated carbocycles. The van der Waals surface area contributed by atoms with E-state index in [1.165, 1.54) is 12.1 Å². The van der Waals surface area contributed by atoms with Crippen LogP contribution in [-0.4, -0.2) is 17.3 Å². The molecule has 1 aromatic carbocycles. The molecule has 0 spiro atoms. The molecule has 0 saturated heterocycles. The van der Waals surface area contributed by atoms with Gasteiger partial charge in [-0.2, -0.15) is 0 Å². The van der Waals surface area contributed by atoms with Crippen molar-refractivity contribution in [3.63, 3.8) is 0 Å². The summed E-state index contributed by atoms with van der Waals surface area (Å²) >= 11 is 11.2. The van der Waals surface area contributed by atoms with Gasteiger partial charge in [0, 0.05) is 17.0 Å². The number of carbonyl (C=O) groups is 1. The number of hydrogen-bond acceptors (Lipinski definition) is 1. The zero-order valence-electron chi connectivity index (χ0n) is 9.69. The average molecular weight is 278 g/mol. The Kier molecular flexibility index (Phi) is 4.78. The molecule has 17 heavy (non-hydrogen) atoms. The van der Waals surface area contributed by atoms with E-state index in [2.05, 4.69) is 5.32 Å². The number of hydrogen-bond donors (Lipinski definition) is 1. The summed E-state index contributed by atoms with van der Waals surface area (Å²) in [5.74, 6) is -0.493. The van der Waals surface area contributed by atoms with Gasteiger partial charge in [0.15, 0.2) is 0 Å².